The Labute approximate surface area is 218 Å². The van der Waals surface area contributed by atoms with E-state index in [0.29, 0.717) is 11.0 Å². The number of halogens is 3. The highest BCUT2D eigenvalue weighted by Crippen LogP contribution is 2.50. The third-order valence-corrected chi connectivity index (χ3v) is 8.29. The summed E-state index contributed by atoms with van der Waals surface area (Å²) in [4.78, 5) is 4.83. The van der Waals surface area contributed by atoms with Crippen molar-refractivity contribution in [3.63, 3.8) is 0 Å². The summed E-state index contributed by atoms with van der Waals surface area (Å²) in [6.07, 6.45) is -1.42. The molecular formula is C26H36B2F3NO5. The molecule has 2 saturated heterocycles. The Morgan fingerprint density at radius 2 is 1.38 bits per heavy atom. The minimum absolute atomic E-state index is 0.123. The predicted octanol–water partition coefficient (Wildman–Crippen LogP) is 6.11. The van der Waals surface area contributed by atoms with Crippen molar-refractivity contribution in [3.8, 4) is 0 Å². The van der Waals surface area contributed by atoms with E-state index in [4.69, 9.17) is 23.5 Å². The quantitative estimate of drug-likeness (QED) is 0.257. The maximum Gasteiger partial charge on any atom is 0.494 e. The second-order valence-electron chi connectivity index (χ2n) is 12.0. The molecule has 202 valence electrons. The fourth-order valence-corrected chi connectivity index (χ4v) is 4.48. The largest absolute Gasteiger partial charge is 0.494 e. The normalized spacial score (nSPS) is 25.1. The standard InChI is InChI=1S/C26H36B2F3NO5/c1-22(2)23(3,4)35-27(34-22)20(16-10-11-16)21(28-36-24(5,6)25(7,8)37-28)19-13-12-18(26(29,30)31)14-17(19)15-32-33-9/h12-16H,10-11H2,1-9H3/b21-20-,32-15+. The Morgan fingerprint density at radius 1 is 0.892 bits per heavy atom. The van der Waals surface area contributed by atoms with Gasteiger partial charge in [0.2, 0.25) is 0 Å². The van der Waals surface area contributed by atoms with Crippen molar-refractivity contribution < 1.29 is 36.6 Å². The molecule has 1 saturated carbocycles. The van der Waals surface area contributed by atoms with Crippen LogP contribution in [0.3, 0.4) is 0 Å². The molecule has 2 heterocycles. The maximum atomic E-state index is 13.7. The van der Waals surface area contributed by atoms with E-state index in [0.717, 1.165) is 30.4 Å². The first-order chi connectivity index (χ1) is 16.9. The lowest BCUT2D eigenvalue weighted by Crippen LogP contribution is -2.41. The molecule has 2 aliphatic heterocycles. The van der Waals surface area contributed by atoms with Crippen LogP contribution in [0.5, 0.6) is 0 Å². The van der Waals surface area contributed by atoms with Crippen molar-refractivity contribution in [2.24, 2.45) is 11.1 Å². The SMILES string of the molecule is CO/N=C/c1cc(C(F)(F)F)ccc1/C(B1OC(C)(C)C(C)(C)O1)=C(/B1OC(C)(C)C(C)(C)O1)C1CC1. The number of benzene rings is 1. The van der Waals surface area contributed by atoms with Crippen LogP contribution in [-0.2, 0) is 29.6 Å². The molecule has 0 radical (unpaired) electrons. The number of hydrogen-bond donors (Lipinski definition) is 0. The van der Waals surface area contributed by atoms with Gasteiger partial charge in [0.05, 0.1) is 34.2 Å². The monoisotopic (exact) mass is 521 g/mol. The topological polar surface area (TPSA) is 58.5 Å². The molecule has 1 aromatic carbocycles. The molecule has 0 atom stereocenters. The van der Waals surface area contributed by atoms with Gasteiger partial charge < -0.3 is 23.5 Å². The summed E-state index contributed by atoms with van der Waals surface area (Å²) >= 11 is 0. The predicted molar refractivity (Wildman–Crippen MR) is 138 cm³/mol. The highest BCUT2D eigenvalue weighted by Gasteiger charge is 2.59. The van der Waals surface area contributed by atoms with Crippen LogP contribution in [0, 0.1) is 5.92 Å². The summed E-state index contributed by atoms with van der Waals surface area (Å²) in [6.45, 7) is 15.7. The molecule has 1 aliphatic carbocycles. The smallest absolute Gasteiger partial charge is 0.400 e. The number of alkyl halides is 3. The molecule has 4 rings (SSSR count). The van der Waals surface area contributed by atoms with Gasteiger partial charge in [0.1, 0.15) is 7.11 Å². The maximum absolute atomic E-state index is 13.7. The van der Waals surface area contributed by atoms with Crippen LogP contribution in [0.1, 0.15) is 84.9 Å². The van der Waals surface area contributed by atoms with Crippen molar-refractivity contribution in [2.45, 2.75) is 96.8 Å². The number of rotatable bonds is 6. The van der Waals surface area contributed by atoms with Gasteiger partial charge in [-0.25, -0.2) is 0 Å². The highest BCUT2D eigenvalue weighted by atomic mass is 19.4. The third kappa shape index (κ3) is 5.24. The van der Waals surface area contributed by atoms with Gasteiger partial charge >= 0.3 is 20.4 Å². The fourth-order valence-electron chi connectivity index (χ4n) is 4.48. The van der Waals surface area contributed by atoms with Gasteiger partial charge in [-0.1, -0.05) is 11.2 Å². The zero-order valence-corrected chi connectivity index (χ0v) is 23.1. The van der Waals surface area contributed by atoms with Crippen LogP contribution in [0.15, 0.2) is 28.8 Å². The van der Waals surface area contributed by atoms with E-state index in [-0.39, 0.29) is 11.5 Å². The van der Waals surface area contributed by atoms with Crippen LogP contribution in [0.2, 0.25) is 0 Å². The van der Waals surface area contributed by atoms with Crippen LogP contribution in [-0.4, -0.2) is 50.0 Å². The molecule has 0 unspecified atom stereocenters. The molecule has 6 nitrogen and oxygen atoms in total. The molecule has 0 amide bonds. The first-order valence-corrected chi connectivity index (χ1v) is 12.6. The minimum Gasteiger partial charge on any atom is -0.400 e. The molecule has 0 N–H and O–H groups in total. The average molecular weight is 521 g/mol. The lowest BCUT2D eigenvalue weighted by atomic mass is 9.60. The van der Waals surface area contributed by atoms with E-state index < -0.39 is 48.4 Å². The van der Waals surface area contributed by atoms with Crippen LogP contribution in [0.4, 0.5) is 13.2 Å². The van der Waals surface area contributed by atoms with Gasteiger partial charge in [-0.15, -0.1) is 0 Å². The molecule has 0 bridgehead atoms. The van der Waals surface area contributed by atoms with Gasteiger partial charge in [-0.2, -0.15) is 13.2 Å². The first kappa shape index (κ1) is 28.2. The number of nitrogens with zero attached hydrogens (tertiary/aromatic N) is 1. The Balaban J connectivity index is 1.97. The molecule has 11 heteroatoms. The average Bonchev–Trinajstić information content (AvgIpc) is 3.51. The Bertz CT molecular complexity index is 1080. The molecule has 0 spiro atoms. The lowest BCUT2D eigenvalue weighted by molar-refractivity contribution is -0.137. The van der Waals surface area contributed by atoms with Gasteiger partial charge in [0.25, 0.3) is 0 Å². The molecule has 3 fully saturated rings. The summed E-state index contributed by atoms with van der Waals surface area (Å²) in [5, 5.41) is 3.80. The summed E-state index contributed by atoms with van der Waals surface area (Å²) in [6, 6.07) is 3.59. The number of oxime groups is 1. The summed E-state index contributed by atoms with van der Waals surface area (Å²) in [7, 11) is -0.221. The van der Waals surface area contributed by atoms with E-state index in [2.05, 4.69) is 5.16 Å². The van der Waals surface area contributed by atoms with Crippen molar-refractivity contribution in [1.29, 1.82) is 0 Å². The highest BCUT2D eigenvalue weighted by molar-refractivity contribution is 6.74. The minimum atomic E-state index is -4.52. The summed E-state index contributed by atoms with van der Waals surface area (Å²) in [5.41, 5.74) is -1.13. The zero-order chi connectivity index (χ0) is 27.6. The van der Waals surface area contributed by atoms with Crippen LogP contribution in [0.25, 0.3) is 5.47 Å². The van der Waals surface area contributed by atoms with E-state index in [9.17, 15) is 13.2 Å². The number of hydrogen-bond acceptors (Lipinski definition) is 6. The fraction of sp³-hybridized carbons (Fsp3) is 0.654. The molecule has 1 aromatic rings. The lowest BCUT2D eigenvalue weighted by Gasteiger charge is -2.32. The van der Waals surface area contributed by atoms with E-state index >= 15 is 0 Å². The van der Waals surface area contributed by atoms with Gasteiger partial charge in [0.15, 0.2) is 0 Å². The van der Waals surface area contributed by atoms with Crippen molar-refractivity contribution in [3.05, 3.63) is 40.4 Å². The molecular weight excluding hydrogens is 485 g/mol. The summed E-state index contributed by atoms with van der Waals surface area (Å²) < 4.78 is 66.9. The Hall–Kier alpha value is -1.81. The molecule has 37 heavy (non-hydrogen) atoms. The Kier molecular flexibility index (Phi) is 6.97. The van der Waals surface area contributed by atoms with Gasteiger partial charge in [-0.3, -0.25) is 0 Å². The van der Waals surface area contributed by atoms with E-state index in [1.807, 2.05) is 55.4 Å². The van der Waals surface area contributed by atoms with E-state index in [1.54, 1.807) is 0 Å². The van der Waals surface area contributed by atoms with Gasteiger partial charge in [-0.05, 0) is 103 Å². The second kappa shape index (κ2) is 9.14. The second-order valence-corrected chi connectivity index (χ2v) is 12.0. The summed E-state index contributed by atoms with van der Waals surface area (Å²) in [5.74, 6) is 0.123. The van der Waals surface area contributed by atoms with Gasteiger partial charge in [0, 0.05) is 5.56 Å². The first-order valence-electron chi connectivity index (χ1n) is 12.6. The van der Waals surface area contributed by atoms with Crippen molar-refractivity contribution in [2.75, 3.05) is 7.11 Å². The third-order valence-electron chi connectivity index (χ3n) is 8.29. The zero-order valence-electron chi connectivity index (χ0n) is 23.1. The van der Waals surface area contributed by atoms with Crippen LogP contribution >= 0.6 is 0 Å². The molecule has 3 aliphatic rings. The molecule has 0 aromatic heterocycles. The number of allylic oxidation sites excluding steroid dienone is 1. The Morgan fingerprint density at radius 3 is 1.81 bits per heavy atom. The van der Waals surface area contributed by atoms with E-state index in [1.165, 1.54) is 19.4 Å². The van der Waals surface area contributed by atoms with Crippen LogP contribution < -0.4 is 0 Å². The van der Waals surface area contributed by atoms with Crippen molar-refractivity contribution >= 4 is 25.9 Å². The van der Waals surface area contributed by atoms with Crippen molar-refractivity contribution in [1.82, 2.24) is 0 Å².